The van der Waals surface area contributed by atoms with Crippen molar-refractivity contribution in [2.75, 3.05) is 10.6 Å². The summed E-state index contributed by atoms with van der Waals surface area (Å²) >= 11 is 0. The van der Waals surface area contributed by atoms with E-state index >= 15 is 0 Å². The van der Waals surface area contributed by atoms with Crippen molar-refractivity contribution in [1.29, 1.82) is 0 Å². The van der Waals surface area contributed by atoms with Crippen LogP contribution < -0.4 is 16.0 Å². The van der Waals surface area contributed by atoms with Gasteiger partial charge in [-0.15, -0.1) is 0 Å². The highest BCUT2D eigenvalue weighted by Gasteiger charge is 2.23. The molecular weight excluding hydrogens is 297 g/mol. The predicted octanol–water partition coefficient (Wildman–Crippen LogP) is 3.36. The Morgan fingerprint density at radius 3 is 2.30 bits per heavy atom. The third-order valence-corrected chi connectivity index (χ3v) is 3.40. The van der Waals surface area contributed by atoms with E-state index in [4.69, 9.17) is 0 Å². The summed E-state index contributed by atoms with van der Waals surface area (Å²) in [6, 6.07) is 12.0. The molecular formula is C17H16FN3O2. The van der Waals surface area contributed by atoms with Crippen LogP contribution in [0.3, 0.4) is 0 Å². The number of rotatable bonds is 4. The topological polar surface area (TPSA) is 70.2 Å². The molecule has 0 aliphatic heterocycles. The standard InChI is InChI=1S/C17H16FN3O2/c18-12-2-1-3-15(10-12)21-17(23)20-14-6-4-11(5-7-14)16(22)19-13-8-9-13/h1-7,10,13H,8-9H2,(H,19,22)(H2,20,21,23). The number of carbonyl (C=O) groups is 2. The summed E-state index contributed by atoms with van der Waals surface area (Å²) in [5.74, 6) is -0.530. The third kappa shape index (κ3) is 4.29. The van der Waals surface area contributed by atoms with Gasteiger partial charge in [-0.2, -0.15) is 0 Å². The maximum Gasteiger partial charge on any atom is 0.323 e. The van der Waals surface area contributed by atoms with Crippen LogP contribution >= 0.6 is 0 Å². The molecule has 2 aromatic rings. The highest BCUT2D eigenvalue weighted by Crippen LogP contribution is 2.19. The van der Waals surface area contributed by atoms with E-state index in [2.05, 4.69) is 16.0 Å². The van der Waals surface area contributed by atoms with E-state index < -0.39 is 11.8 Å². The molecule has 0 bridgehead atoms. The molecule has 118 valence electrons. The summed E-state index contributed by atoms with van der Waals surface area (Å²) in [7, 11) is 0. The van der Waals surface area contributed by atoms with Crippen molar-refractivity contribution in [3.05, 3.63) is 59.9 Å². The first kappa shape index (κ1) is 15.0. The fourth-order valence-electron chi connectivity index (χ4n) is 2.06. The van der Waals surface area contributed by atoms with Crippen LogP contribution in [-0.2, 0) is 0 Å². The summed E-state index contributed by atoms with van der Waals surface area (Å²) in [4.78, 5) is 23.7. The third-order valence-electron chi connectivity index (χ3n) is 3.40. The zero-order valence-electron chi connectivity index (χ0n) is 12.3. The number of amides is 3. The molecule has 0 aromatic heterocycles. The summed E-state index contributed by atoms with van der Waals surface area (Å²) < 4.78 is 13.0. The van der Waals surface area contributed by atoms with E-state index in [1.807, 2.05) is 0 Å². The van der Waals surface area contributed by atoms with Crippen molar-refractivity contribution < 1.29 is 14.0 Å². The smallest absolute Gasteiger partial charge is 0.323 e. The highest BCUT2D eigenvalue weighted by atomic mass is 19.1. The quantitative estimate of drug-likeness (QED) is 0.810. The molecule has 0 unspecified atom stereocenters. The molecule has 1 fully saturated rings. The lowest BCUT2D eigenvalue weighted by Gasteiger charge is -2.08. The number of nitrogens with one attached hydrogen (secondary N) is 3. The number of benzene rings is 2. The molecule has 0 heterocycles. The van der Waals surface area contributed by atoms with Crippen LogP contribution in [0, 0.1) is 5.82 Å². The summed E-state index contributed by atoms with van der Waals surface area (Å²) in [5.41, 5.74) is 1.46. The van der Waals surface area contributed by atoms with Crippen molar-refractivity contribution in [3.63, 3.8) is 0 Å². The Morgan fingerprint density at radius 2 is 1.65 bits per heavy atom. The monoisotopic (exact) mass is 313 g/mol. The minimum absolute atomic E-state index is 0.108. The van der Waals surface area contributed by atoms with Crippen LogP contribution in [0.2, 0.25) is 0 Å². The first-order valence-electron chi connectivity index (χ1n) is 7.35. The Labute approximate surface area is 132 Å². The number of halogens is 1. The lowest BCUT2D eigenvalue weighted by Crippen LogP contribution is -2.25. The van der Waals surface area contributed by atoms with E-state index in [0.29, 0.717) is 23.0 Å². The molecule has 3 N–H and O–H groups in total. The Balaban J connectivity index is 1.56. The Bertz CT molecular complexity index is 727. The molecule has 0 spiro atoms. The van der Waals surface area contributed by atoms with E-state index in [0.717, 1.165) is 12.8 Å². The first-order valence-corrected chi connectivity index (χ1v) is 7.35. The van der Waals surface area contributed by atoms with Crippen molar-refractivity contribution >= 4 is 23.3 Å². The predicted molar refractivity (Wildman–Crippen MR) is 86.0 cm³/mol. The van der Waals surface area contributed by atoms with Gasteiger partial charge in [-0.3, -0.25) is 4.79 Å². The van der Waals surface area contributed by atoms with Crippen LogP contribution in [0.25, 0.3) is 0 Å². The van der Waals surface area contributed by atoms with Gasteiger partial charge >= 0.3 is 6.03 Å². The van der Waals surface area contributed by atoms with Crippen molar-refractivity contribution in [3.8, 4) is 0 Å². The first-order chi connectivity index (χ1) is 11.1. The second-order valence-electron chi connectivity index (χ2n) is 5.41. The molecule has 1 aliphatic rings. The molecule has 0 radical (unpaired) electrons. The van der Waals surface area contributed by atoms with Gasteiger partial charge in [-0.25, -0.2) is 9.18 Å². The van der Waals surface area contributed by atoms with Gasteiger partial charge in [0.15, 0.2) is 0 Å². The normalized spacial score (nSPS) is 13.3. The summed E-state index contributed by atoms with van der Waals surface area (Å²) in [6.45, 7) is 0. The molecule has 0 saturated heterocycles. The Hall–Kier alpha value is -2.89. The van der Waals surface area contributed by atoms with E-state index in [1.165, 1.54) is 18.2 Å². The van der Waals surface area contributed by atoms with Crippen molar-refractivity contribution in [2.24, 2.45) is 0 Å². The number of urea groups is 1. The second kappa shape index (κ2) is 6.48. The molecule has 3 amide bonds. The van der Waals surface area contributed by atoms with Crippen LogP contribution in [0.1, 0.15) is 23.2 Å². The SMILES string of the molecule is O=C(Nc1ccc(C(=O)NC2CC2)cc1)Nc1cccc(F)c1. The van der Waals surface area contributed by atoms with Gasteiger partial charge in [0.1, 0.15) is 5.82 Å². The van der Waals surface area contributed by atoms with Gasteiger partial charge < -0.3 is 16.0 Å². The van der Waals surface area contributed by atoms with Crippen LogP contribution in [0.4, 0.5) is 20.6 Å². The molecule has 1 saturated carbocycles. The van der Waals surface area contributed by atoms with Gasteiger partial charge in [0.2, 0.25) is 0 Å². The van der Waals surface area contributed by atoms with Crippen molar-refractivity contribution in [1.82, 2.24) is 5.32 Å². The highest BCUT2D eigenvalue weighted by molar-refractivity contribution is 6.00. The van der Waals surface area contributed by atoms with Gasteiger partial charge in [0.25, 0.3) is 5.91 Å². The lowest BCUT2D eigenvalue weighted by molar-refractivity contribution is 0.0951. The average Bonchev–Trinajstić information content (AvgIpc) is 3.31. The zero-order valence-corrected chi connectivity index (χ0v) is 12.3. The second-order valence-corrected chi connectivity index (χ2v) is 5.41. The fourth-order valence-corrected chi connectivity index (χ4v) is 2.06. The van der Waals surface area contributed by atoms with Gasteiger partial charge in [-0.05, 0) is 55.3 Å². The van der Waals surface area contributed by atoms with Crippen LogP contribution in [0.5, 0.6) is 0 Å². The fraction of sp³-hybridized carbons (Fsp3) is 0.176. The molecule has 3 rings (SSSR count). The summed E-state index contributed by atoms with van der Waals surface area (Å²) in [6.07, 6.45) is 2.07. The Morgan fingerprint density at radius 1 is 0.957 bits per heavy atom. The van der Waals surface area contributed by atoms with Gasteiger partial charge in [0.05, 0.1) is 0 Å². The summed E-state index contributed by atoms with van der Waals surface area (Å²) in [5, 5.41) is 8.05. The molecule has 0 atom stereocenters. The number of anilines is 2. The molecule has 5 nitrogen and oxygen atoms in total. The minimum atomic E-state index is -0.481. The Kier molecular flexibility index (Phi) is 4.23. The van der Waals surface area contributed by atoms with Crippen molar-refractivity contribution in [2.45, 2.75) is 18.9 Å². The lowest BCUT2D eigenvalue weighted by atomic mass is 10.2. The van der Waals surface area contributed by atoms with Crippen LogP contribution in [0.15, 0.2) is 48.5 Å². The number of hydrogen-bond donors (Lipinski definition) is 3. The largest absolute Gasteiger partial charge is 0.349 e. The maximum atomic E-state index is 13.0. The average molecular weight is 313 g/mol. The number of hydrogen-bond acceptors (Lipinski definition) is 2. The molecule has 1 aliphatic carbocycles. The molecule has 2 aromatic carbocycles. The van der Waals surface area contributed by atoms with E-state index in [-0.39, 0.29) is 5.91 Å². The van der Waals surface area contributed by atoms with E-state index in [1.54, 1.807) is 30.3 Å². The van der Waals surface area contributed by atoms with Crippen LogP contribution in [-0.4, -0.2) is 18.0 Å². The van der Waals surface area contributed by atoms with Gasteiger partial charge in [-0.1, -0.05) is 6.07 Å². The maximum absolute atomic E-state index is 13.0. The molecule has 6 heteroatoms. The minimum Gasteiger partial charge on any atom is -0.349 e. The van der Waals surface area contributed by atoms with Gasteiger partial charge in [0, 0.05) is 23.0 Å². The number of carbonyl (C=O) groups excluding carboxylic acids is 2. The van der Waals surface area contributed by atoms with E-state index in [9.17, 15) is 14.0 Å². The zero-order chi connectivity index (χ0) is 16.2. The molecule has 23 heavy (non-hydrogen) atoms.